The van der Waals surface area contributed by atoms with E-state index in [1.165, 1.54) is 35.3 Å². The fourth-order valence-corrected chi connectivity index (χ4v) is 2.04. The third kappa shape index (κ3) is 5.59. The monoisotopic (exact) mass is 349 g/mol. The number of likely N-dealkylation sites (tertiary alicyclic amines) is 1. The maximum atomic E-state index is 12.9. The van der Waals surface area contributed by atoms with Gasteiger partial charge in [-0.05, 0) is 31.8 Å². The second-order valence-corrected chi connectivity index (χ2v) is 4.49. The maximum absolute atomic E-state index is 12.9. The van der Waals surface area contributed by atoms with Crippen LogP contribution in [-0.4, -0.2) is 18.0 Å². The molecule has 0 aromatic heterocycles. The molecule has 1 saturated heterocycles. The van der Waals surface area contributed by atoms with Crippen LogP contribution >= 0.6 is 13.6 Å². The summed E-state index contributed by atoms with van der Waals surface area (Å²) in [6.45, 7) is 5.40. The van der Waals surface area contributed by atoms with Gasteiger partial charge in [0.25, 0.3) is 0 Å². The van der Waals surface area contributed by atoms with E-state index in [0.717, 1.165) is 31.1 Å². The fraction of sp³-hybridized carbons (Fsp3) is 0.538. The van der Waals surface area contributed by atoms with Gasteiger partial charge in [0.2, 0.25) is 0 Å². The van der Waals surface area contributed by atoms with Crippen LogP contribution in [0.3, 0.4) is 0 Å². The Balaban J connectivity index is 0.000000686. The van der Waals surface area contributed by atoms with Gasteiger partial charge in [0, 0.05) is 12.4 Å². The Kier molecular flexibility index (Phi) is 7.49. The van der Waals surface area contributed by atoms with E-state index in [4.69, 9.17) is 0 Å². The molecule has 0 atom stereocenters. The minimum atomic E-state index is -0.158. The zero-order chi connectivity index (χ0) is 12.7. The molecule has 1 aliphatic heterocycles. The second kappa shape index (κ2) is 8.34. The molecule has 1 aliphatic rings. The van der Waals surface area contributed by atoms with Crippen molar-refractivity contribution < 1.29 is 20.7 Å². The van der Waals surface area contributed by atoms with Crippen LogP contribution in [-0.2, 0) is 22.9 Å². The summed E-state index contributed by atoms with van der Waals surface area (Å²) >= 11 is 4.25. The SMILES string of the molecule is CC1CCN(Cc2[c-]ccc(F)c2)CC1.[Zn+][Br]. The van der Waals surface area contributed by atoms with E-state index in [1.54, 1.807) is 12.1 Å². The van der Waals surface area contributed by atoms with Gasteiger partial charge >= 0.3 is 30.0 Å². The van der Waals surface area contributed by atoms with Crippen molar-refractivity contribution in [3.63, 3.8) is 0 Å². The molecule has 0 radical (unpaired) electrons. The number of benzene rings is 1. The Bertz CT molecular complexity index is 327. The van der Waals surface area contributed by atoms with Gasteiger partial charge < -0.3 is 4.90 Å². The van der Waals surface area contributed by atoms with Crippen LogP contribution in [0.5, 0.6) is 0 Å². The van der Waals surface area contributed by atoms with E-state index in [2.05, 4.69) is 31.5 Å². The molecule has 0 unspecified atom stereocenters. The minimum absolute atomic E-state index is 0.158. The van der Waals surface area contributed by atoms with E-state index >= 15 is 0 Å². The van der Waals surface area contributed by atoms with Crippen LogP contribution in [0.25, 0.3) is 0 Å². The average Bonchev–Trinajstić information content (AvgIpc) is 2.35. The van der Waals surface area contributed by atoms with E-state index < -0.39 is 0 Å². The first kappa shape index (κ1) is 15.3. The molecular formula is C13H17BrFNZn. The van der Waals surface area contributed by atoms with Crippen molar-refractivity contribution in [2.75, 3.05) is 13.1 Å². The van der Waals surface area contributed by atoms with Gasteiger partial charge in [-0.15, -0.1) is 17.7 Å². The van der Waals surface area contributed by atoms with E-state index in [1.807, 2.05) is 0 Å². The molecule has 0 N–H and O–H groups in total. The van der Waals surface area contributed by atoms with Crippen LogP contribution in [0.4, 0.5) is 4.39 Å². The Morgan fingerprint density at radius 2 is 2.12 bits per heavy atom. The normalized spacial score (nSPS) is 17.5. The van der Waals surface area contributed by atoms with Crippen molar-refractivity contribution >= 4 is 13.6 Å². The Hall–Kier alpha value is 0.213. The van der Waals surface area contributed by atoms with E-state index in [9.17, 15) is 4.39 Å². The molecule has 1 aromatic rings. The molecule has 0 bridgehead atoms. The summed E-state index contributed by atoms with van der Waals surface area (Å²) < 4.78 is 12.9. The van der Waals surface area contributed by atoms with Crippen molar-refractivity contribution in [1.29, 1.82) is 0 Å². The van der Waals surface area contributed by atoms with Gasteiger partial charge in [0.1, 0.15) is 0 Å². The summed E-state index contributed by atoms with van der Waals surface area (Å²) in [7, 11) is 0. The Morgan fingerprint density at radius 3 is 2.71 bits per heavy atom. The molecule has 4 heteroatoms. The summed E-state index contributed by atoms with van der Waals surface area (Å²) in [6, 6.07) is 7.78. The average molecular weight is 352 g/mol. The summed E-state index contributed by atoms with van der Waals surface area (Å²) in [4.78, 5) is 2.38. The molecule has 0 amide bonds. The summed E-state index contributed by atoms with van der Waals surface area (Å²) in [5.74, 6) is 0.687. The van der Waals surface area contributed by atoms with Crippen molar-refractivity contribution in [1.82, 2.24) is 4.90 Å². The van der Waals surface area contributed by atoms with Gasteiger partial charge in [-0.2, -0.15) is 12.1 Å². The molecular weight excluding hydrogens is 334 g/mol. The molecule has 2 rings (SSSR count). The Morgan fingerprint density at radius 1 is 1.47 bits per heavy atom. The zero-order valence-electron chi connectivity index (χ0n) is 10.3. The van der Waals surface area contributed by atoms with Gasteiger partial charge in [-0.3, -0.25) is 0 Å². The van der Waals surface area contributed by atoms with Crippen LogP contribution < -0.4 is 0 Å². The van der Waals surface area contributed by atoms with Crippen molar-refractivity contribution in [3.8, 4) is 0 Å². The molecule has 90 valence electrons. The number of nitrogens with zero attached hydrogens (tertiary/aromatic N) is 1. The van der Waals surface area contributed by atoms with Crippen LogP contribution in [0, 0.1) is 17.8 Å². The van der Waals surface area contributed by atoms with Gasteiger partial charge in [-0.25, -0.2) is 4.39 Å². The summed E-state index contributed by atoms with van der Waals surface area (Å²) in [5.41, 5.74) is 0.963. The van der Waals surface area contributed by atoms with Crippen molar-refractivity contribution in [3.05, 3.63) is 35.6 Å². The van der Waals surface area contributed by atoms with Gasteiger partial charge in [0.05, 0.1) is 0 Å². The van der Waals surface area contributed by atoms with Crippen LogP contribution in [0.1, 0.15) is 25.3 Å². The van der Waals surface area contributed by atoms with E-state index in [0.29, 0.717) is 0 Å². The standard InChI is InChI=1S/C13H17FN.BrH.Zn/c1-11-5-7-15(8-6-11)10-12-3-2-4-13(14)9-12;;/h2,4,9,11H,5-8,10H2,1H3;1H;/q-1;;+2/p-1. The third-order valence-electron chi connectivity index (χ3n) is 3.09. The number of halogens is 2. The molecule has 0 saturated carbocycles. The fourth-order valence-electron chi connectivity index (χ4n) is 2.04. The molecule has 17 heavy (non-hydrogen) atoms. The van der Waals surface area contributed by atoms with E-state index in [-0.39, 0.29) is 5.82 Å². The second-order valence-electron chi connectivity index (χ2n) is 4.49. The molecule has 1 nitrogen and oxygen atoms in total. The molecule has 1 fully saturated rings. The quantitative estimate of drug-likeness (QED) is 0.580. The number of piperidine rings is 1. The first-order chi connectivity index (χ1) is 8.24. The zero-order valence-corrected chi connectivity index (χ0v) is 14.8. The predicted molar refractivity (Wildman–Crippen MR) is 67.8 cm³/mol. The first-order valence-corrected chi connectivity index (χ1v) is 12.8. The number of hydrogen-bond acceptors (Lipinski definition) is 1. The topological polar surface area (TPSA) is 3.24 Å². The summed E-state index contributed by atoms with van der Waals surface area (Å²) in [6.07, 6.45) is 2.52. The van der Waals surface area contributed by atoms with Crippen molar-refractivity contribution in [2.45, 2.75) is 26.3 Å². The van der Waals surface area contributed by atoms with Crippen molar-refractivity contribution in [2.24, 2.45) is 5.92 Å². The molecule has 0 aliphatic carbocycles. The summed E-state index contributed by atoms with van der Waals surface area (Å²) in [5, 5.41) is 0. The van der Waals surface area contributed by atoms with Crippen LogP contribution in [0.15, 0.2) is 18.2 Å². The predicted octanol–water partition coefficient (Wildman–Crippen LogP) is 3.70. The first-order valence-electron chi connectivity index (χ1n) is 5.89. The van der Waals surface area contributed by atoms with Gasteiger partial charge in [-0.1, -0.05) is 6.92 Å². The molecule has 1 heterocycles. The number of rotatable bonds is 2. The van der Waals surface area contributed by atoms with Crippen LogP contribution in [0.2, 0.25) is 0 Å². The van der Waals surface area contributed by atoms with Gasteiger partial charge in [0.15, 0.2) is 0 Å². The Labute approximate surface area is 120 Å². The third-order valence-corrected chi connectivity index (χ3v) is 3.09. The molecule has 0 spiro atoms. The molecule has 1 aromatic carbocycles. The number of hydrogen-bond donors (Lipinski definition) is 0.